The number of carbonyl (C=O) groups excluding carboxylic acids is 1. The summed E-state index contributed by atoms with van der Waals surface area (Å²) in [5.74, 6) is 0.750. The van der Waals surface area contributed by atoms with Gasteiger partial charge in [0.05, 0.1) is 25.4 Å². The zero-order valence-electron chi connectivity index (χ0n) is 18.1. The van der Waals surface area contributed by atoms with Crippen molar-refractivity contribution in [2.24, 2.45) is 0 Å². The monoisotopic (exact) mass is 413 g/mol. The molecule has 3 aromatic carbocycles. The molecule has 1 aliphatic heterocycles. The third-order valence-corrected chi connectivity index (χ3v) is 5.69. The Balaban J connectivity index is 1.57. The zero-order chi connectivity index (χ0) is 21.8. The van der Waals surface area contributed by atoms with E-state index in [9.17, 15) is 4.79 Å². The number of anilines is 1. The van der Waals surface area contributed by atoms with Gasteiger partial charge in [-0.1, -0.05) is 54.6 Å². The minimum absolute atomic E-state index is 0.0381. The van der Waals surface area contributed by atoms with Crippen LogP contribution in [0.2, 0.25) is 0 Å². The van der Waals surface area contributed by atoms with Crippen molar-refractivity contribution in [2.75, 3.05) is 19.0 Å². The first kappa shape index (κ1) is 20.5. The molecule has 0 spiro atoms. The third-order valence-electron chi connectivity index (χ3n) is 5.69. The molecule has 5 nitrogen and oxygen atoms in total. The molecule has 31 heavy (non-hydrogen) atoms. The Morgan fingerprint density at radius 3 is 2.45 bits per heavy atom. The van der Waals surface area contributed by atoms with Gasteiger partial charge in [-0.2, -0.15) is 0 Å². The highest BCUT2D eigenvalue weighted by atomic mass is 16.5. The fraction of sp³-hybridized carbons (Fsp3) is 0.192. The van der Waals surface area contributed by atoms with E-state index in [1.54, 1.807) is 12.1 Å². The average Bonchev–Trinajstić information content (AvgIpc) is 3.26. The van der Waals surface area contributed by atoms with Gasteiger partial charge in [-0.15, -0.1) is 0 Å². The summed E-state index contributed by atoms with van der Waals surface area (Å²) in [5, 5.41) is 5.00. The van der Waals surface area contributed by atoms with Crippen molar-refractivity contribution >= 4 is 17.3 Å². The Bertz CT molecular complexity index is 1090. The number of aryl methyl sites for hydroxylation is 1. The van der Waals surface area contributed by atoms with Gasteiger partial charge < -0.3 is 10.1 Å². The quantitative estimate of drug-likeness (QED) is 0.606. The van der Waals surface area contributed by atoms with Crippen LogP contribution in [0.1, 0.15) is 28.3 Å². The van der Waals surface area contributed by atoms with E-state index >= 15 is 0 Å². The number of amides is 1. The number of carbonyl (C=O) groups is 1. The Morgan fingerprint density at radius 2 is 1.74 bits per heavy atom. The van der Waals surface area contributed by atoms with E-state index in [1.807, 2.05) is 66.7 Å². The highest BCUT2D eigenvalue weighted by Gasteiger charge is 2.30. The molecule has 0 saturated heterocycles. The van der Waals surface area contributed by atoms with Crippen molar-refractivity contribution < 1.29 is 9.53 Å². The highest BCUT2D eigenvalue weighted by Crippen LogP contribution is 2.32. The maximum Gasteiger partial charge on any atom is 0.261 e. The van der Waals surface area contributed by atoms with Gasteiger partial charge in [-0.3, -0.25) is 10.2 Å². The van der Waals surface area contributed by atoms with E-state index in [0.717, 1.165) is 33.8 Å². The molecule has 0 aromatic heterocycles. The molecule has 1 heterocycles. The van der Waals surface area contributed by atoms with E-state index in [2.05, 4.69) is 36.7 Å². The molecule has 0 unspecified atom stereocenters. The molecular formula is C26H27N3O2. The first-order valence-electron chi connectivity index (χ1n) is 10.4. The standard InChI is InChI=1S/C26H27N3O2/c1-18-8-7-11-23(19(18)2)27-17-26(30)29-25(21-12-14-22(31-3)15-13-21)16-24(28-29)20-9-5-4-6-10-20/h4-16,25,27-28H,17H2,1-3H3/t25-/m0/s1. The van der Waals surface area contributed by atoms with Crippen LogP contribution in [-0.4, -0.2) is 24.6 Å². The van der Waals surface area contributed by atoms with Gasteiger partial charge in [0.2, 0.25) is 0 Å². The molecule has 3 aromatic rings. The normalized spacial score (nSPS) is 15.3. The van der Waals surface area contributed by atoms with Gasteiger partial charge in [0.15, 0.2) is 0 Å². The fourth-order valence-electron chi connectivity index (χ4n) is 3.71. The summed E-state index contributed by atoms with van der Waals surface area (Å²) in [4.78, 5) is 13.2. The summed E-state index contributed by atoms with van der Waals surface area (Å²) in [5.41, 5.74) is 9.62. The largest absolute Gasteiger partial charge is 0.497 e. The van der Waals surface area contributed by atoms with Crippen LogP contribution in [0.15, 0.2) is 78.9 Å². The maximum absolute atomic E-state index is 13.2. The molecular weight excluding hydrogens is 386 g/mol. The molecule has 5 heteroatoms. The van der Waals surface area contributed by atoms with E-state index in [1.165, 1.54) is 5.56 Å². The minimum atomic E-state index is -0.214. The Morgan fingerprint density at radius 1 is 1.00 bits per heavy atom. The highest BCUT2D eigenvalue weighted by molar-refractivity contribution is 5.84. The SMILES string of the molecule is COc1ccc([C@@H]2C=C(c3ccccc3)NN2C(=O)CNc2cccc(C)c2C)cc1. The second kappa shape index (κ2) is 8.96. The lowest BCUT2D eigenvalue weighted by atomic mass is 10.0. The average molecular weight is 414 g/mol. The molecule has 1 amide bonds. The Hall–Kier alpha value is -3.73. The predicted octanol–water partition coefficient (Wildman–Crippen LogP) is 4.85. The van der Waals surface area contributed by atoms with Crippen LogP contribution in [0, 0.1) is 13.8 Å². The van der Waals surface area contributed by atoms with E-state index in [0.29, 0.717) is 0 Å². The lowest BCUT2D eigenvalue weighted by Crippen LogP contribution is -2.42. The number of hydrogen-bond donors (Lipinski definition) is 2. The second-order valence-electron chi connectivity index (χ2n) is 7.64. The lowest BCUT2D eigenvalue weighted by molar-refractivity contribution is -0.132. The number of methoxy groups -OCH3 is 1. The third kappa shape index (κ3) is 4.40. The molecule has 0 radical (unpaired) electrons. The molecule has 1 atom stereocenters. The lowest BCUT2D eigenvalue weighted by Gasteiger charge is -2.26. The van der Waals surface area contributed by atoms with Gasteiger partial charge in [0.1, 0.15) is 5.75 Å². The molecule has 0 aliphatic carbocycles. The van der Waals surface area contributed by atoms with Crippen molar-refractivity contribution in [1.82, 2.24) is 10.4 Å². The van der Waals surface area contributed by atoms with E-state index < -0.39 is 0 Å². The van der Waals surface area contributed by atoms with E-state index in [4.69, 9.17) is 4.74 Å². The summed E-state index contributed by atoms with van der Waals surface area (Å²) < 4.78 is 5.28. The second-order valence-corrected chi connectivity index (χ2v) is 7.64. The molecule has 158 valence electrons. The number of hydrogen-bond acceptors (Lipinski definition) is 4. The van der Waals surface area contributed by atoms with Crippen molar-refractivity contribution in [3.05, 3.63) is 101 Å². The van der Waals surface area contributed by atoms with Crippen molar-refractivity contribution in [3.63, 3.8) is 0 Å². The number of ether oxygens (including phenoxy) is 1. The van der Waals surface area contributed by atoms with Gasteiger partial charge in [-0.25, -0.2) is 5.01 Å². The molecule has 0 fully saturated rings. The van der Waals surface area contributed by atoms with Crippen molar-refractivity contribution in [2.45, 2.75) is 19.9 Å². The van der Waals surface area contributed by atoms with Crippen LogP contribution in [0.25, 0.3) is 5.70 Å². The predicted molar refractivity (Wildman–Crippen MR) is 125 cm³/mol. The van der Waals surface area contributed by atoms with Crippen LogP contribution in [0.5, 0.6) is 5.75 Å². The maximum atomic E-state index is 13.2. The number of hydrazine groups is 1. The van der Waals surface area contributed by atoms with Gasteiger partial charge in [0, 0.05) is 5.69 Å². The van der Waals surface area contributed by atoms with Gasteiger partial charge in [0.25, 0.3) is 5.91 Å². The molecule has 4 rings (SSSR count). The van der Waals surface area contributed by atoms with Crippen molar-refractivity contribution in [3.8, 4) is 5.75 Å². The van der Waals surface area contributed by atoms with E-state index in [-0.39, 0.29) is 18.5 Å². The van der Waals surface area contributed by atoms with Crippen molar-refractivity contribution in [1.29, 1.82) is 0 Å². The van der Waals surface area contributed by atoms with Crippen LogP contribution >= 0.6 is 0 Å². The van der Waals surface area contributed by atoms with Crippen LogP contribution in [0.3, 0.4) is 0 Å². The number of benzene rings is 3. The van der Waals surface area contributed by atoms with Gasteiger partial charge >= 0.3 is 0 Å². The smallest absolute Gasteiger partial charge is 0.261 e. The molecule has 0 bridgehead atoms. The Kier molecular flexibility index (Phi) is 5.94. The number of nitrogens with one attached hydrogen (secondary N) is 2. The summed E-state index contributed by atoms with van der Waals surface area (Å²) in [6.45, 7) is 4.32. The summed E-state index contributed by atoms with van der Waals surface area (Å²) in [6.07, 6.45) is 2.09. The Labute approximate surface area is 183 Å². The van der Waals surface area contributed by atoms with Crippen LogP contribution in [0.4, 0.5) is 5.69 Å². The zero-order valence-corrected chi connectivity index (χ0v) is 18.1. The molecule has 0 saturated carbocycles. The van der Waals surface area contributed by atoms with Crippen LogP contribution < -0.4 is 15.5 Å². The topological polar surface area (TPSA) is 53.6 Å². The first-order chi connectivity index (χ1) is 15.1. The fourth-order valence-corrected chi connectivity index (χ4v) is 3.71. The molecule has 2 N–H and O–H groups in total. The number of rotatable bonds is 6. The minimum Gasteiger partial charge on any atom is -0.497 e. The number of nitrogens with zero attached hydrogens (tertiary/aromatic N) is 1. The summed E-state index contributed by atoms with van der Waals surface area (Å²) in [7, 11) is 1.65. The first-order valence-corrected chi connectivity index (χ1v) is 10.4. The van der Waals surface area contributed by atoms with Crippen LogP contribution in [-0.2, 0) is 4.79 Å². The molecule has 1 aliphatic rings. The summed E-state index contributed by atoms with van der Waals surface area (Å²) >= 11 is 0. The summed E-state index contributed by atoms with van der Waals surface area (Å²) in [6, 6.07) is 23.7. The van der Waals surface area contributed by atoms with Gasteiger partial charge in [-0.05, 0) is 60.4 Å².